The van der Waals surface area contributed by atoms with Crippen molar-refractivity contribution in [2.24, 2.45) is 0 Å². The number of nitrogens with zero attached hydrogens (tertiary/aromatic N) is 1. The normalized spacial score (nSPS) is 10.2. The lowest BCUT2D eigenvalue weighted by Gasteiger charge is -2.12. The van der Waals surface area contributed by atoms with Gasteiger partial charge in [-0.05, 0) is 25.5 Å². The minimum absolute atomic E-state index is 0.132. The van der Waals surface area contributed by atoms with E-state index in [9.17, 15) is 9.59 Å². The Labute approximate surface area is 133 Å². The third kappa shape index (κ3) is 4.32. The van der Waals surface area contributed by atoms with Gasteiger partial charge in [-0.2, -0.15) is 4.98 Å². The summed E-state index contributed by atoms with van der Waals surface area (Å²) in [6.45, 7) is 4.47. The second-order valence-electron chi connectivity index (χ2n) is 4.66. The number of esters is 1. The van der Waals surface area contributed by atoms with Crippen LogP contribution < -0.4 is 15.6 Å². The molecule has 0 amide bonds. The Kier molecular flexibility index (Phi) is 5.74. The first-order valence-corrected chi connectivity index (χ1v) is 7.41. The van der Waals surface area contributed by atoms with Gasteiger partial charge in [0.1, 0.15) is 11.3 Å². The number of rotatable bonds is 7. The molecule has 0 spiro atoms. The van der Waals surface area contributed by atoms with Crippen LogP contribution in [0, 0.1) is 0 Å². The van der Waals surface area contributed by atoms with Crippen LogP contribution in [0.1, 0.15) is 30.6 Å². The summed E-state index contributed by atoms with van der Waals surface area (Å²) in [6.07, 6.45) is 2.17. The van der Waals surface area contributed by atoms with E-state index in [4.69, 9.17) is 9.47 Å². The Hall–Kier alpha value is -2.83. The molecule has 0 unspecified atom stereocenters. The van der Waals surface area contributed by atoms with Gasteiger partial charge in [0.25, 0.3) is 5.56 Å². The van der Waals surface area contributed by atoms with Crippen molar-refractivity contribution in [3.05, 3.63) is 46.4 Å². The van der Waals surface area contributed by atoms with Crippen LogP contribution in [0.3, 0.4) is 0 Å². The zero-order chi connectivity index (χ0) is 16.7. The average molecular weight is 317 g/mol. The minimum atomic E-state index is -0.695. The molecule has 1 aromatic heterocycles. The van der Waals surface area contributed by atoms with Crippen LogP contribution in [-0.2, 0) is 4.74 Å². The molecule has 0 atom stereocenters. The van der Waals surface area contributed by atoms with E-state index in [0.29, 0.717) is 18.0 Å². The Morgan fingerprint density at radius 3 is 2.78 bits per heavy atom. The van der Waals surface area contributed by atoms with Crippen LogP contribution in [0.4, 0.5) is 11.6 Å². The lowest BCUT2D eigenvalue weighted by molar-refractivity contribution is 0.0524. The van der Waals surface area contributed by atoms with Crippen molar-refractivity contribution < 1.29 is 14.3 Å². The number of benzene rings is 1. The molecular weight excluding hydrogens is 298 g/mol. The summed E-state index contributed by atoms with van der Waals surface area (Å²) in [7, 11) is 0. The fraction of sp³-hybridized carbons (Fsp3) is 0.312. The SMILES string of the molecule is CCCOc1ccccc1Nc1nc(=O)c(C(=O)OCC)c[nH]1. The predicted molar refractivity (Wildman–Crippen MR) is 86.3 cm³/mol. The second-order valence-corrected chi connectivity index (χ2v) is 4.66. The fourth-order valence-corrected chi connectivity index (χ4v) is 1.85. The first-order chi connectivity index (χ1) is 11.2. The summed E-state index contributed by atoms with van der Waals surface area (Å²) in [4.78, 5) is 30.1. The van der Waals surface area contributed by atoms with E-state index in [1.165, 1.54) is 6.20 Å². The monoisotopic (exact) mass is 317 g/mol. The van der Waals surface area contributed by atoms with Gasteiger partial charge >= 0.3 is 5.97 Å². The first-order valence-electron chi connectivity index (χ1n) is 7.41. The minimum Gasteiger partial charge on any atom is -0.491 e. The van der Waals surface area contributed by atoms with E-state index in [0.717, 1.165) is 6.42 Å². The van der Waals surface area contributed by atoms with Gasteiger partial charge in [-0.1, -0.05) is 19.1 Å². The summed E-state index contributed by atoms with van der Waals surface area (Å²) in [5.41, 5.74) is -0.113. The molecule has 2 rings (SSSR count). The Bertz CT molecular complexity index is 727. The van der Waals surface area contributed by atoms with Crippen molar-refractivity contribution in [2.75, 3.05) is 18.5 Å². The van der Waals surface area contributed by atoms with Crippen molar-refractivity contribution in [1.82, 2.24) is 9.97 Å². The van der Waals surface area contributed by atoms with E-state index in [1.807, 2.05) is 31.2 Å². The fourth-order valence-electron chi connectivity index (χ4n) is 1.85. The van der Waals surface area contributed by atoms with E-state index in [1.54, 1.807) is 6.92 Å². The largest absolute Gasteiger partial charge is 0.491 e. The Balaban J connectivity index is 2.20. The van der Waals surface area contributed by atoms with Gasteiger partial charge in [0.05, 0.1) is 18.9 Å². The molecule has 0 saturated heterocycles. The van der Waals surface area contributed by atoms with E-state index in [2.05, 4.69) is 15.3 Å². The molecule has 1 heterocycles. The number of carbonyl (C=O) groups excluding carboxylic acids is 1. The average Bonchev–Trinajstić information content (AvgIpc) is 2.54. The quantitative estimate of drug-likeness (QED) is 0.762. The van der Waals surface area contributed by atoms with Crippen LogP contribution in [0.2, 0.25) is 0 Å². The molecule has 7 nitrogen and oxygen atoms in total. The highest BCUT2D eigenvalue weighted by Crippen LogP contribution is 2.25. The Morgan fingerprint density at radius 2 is 2.09 bits per heavy atom. The number of hydrogen-bond acceptors (Lipinski definition) is 6. The van der Waals surface area contributed by atoms with E-state index < -0.39 is 11.5 Å². The molecule has 0 fully saturated rings. The third-order valence-electron chi connectivity index (χ3n) is 2.89. The number of ether oxygens (including phenoxy) is 2. The maximum Gasteiger partial charge on any atom is 0.345 e. The van der Waals surface area contributed by atoms with Crippen molar-refractivity contribution in [2.45, 2.75) is 20.3 Å². The molecule has 0 aliphatic heterocycles. The van der Waals surface area contributed by atoms with Gasteiger partial charge < -0.3 is 19.8 Å². The third-order valence-corrected chi connectivity index (χ3v) is 2.89. The molecule has 23 heavy (non-hydrogen) atoms. The topological polar surface area (TPSA) is 93.3 Å². The summed E-state index contributed by atoms with van der Waals surface area (Å²) in [5, 5.41) is 2.98. The highest BCUT2D eigenvalue weighted by molar-refractivity contribution is 5.88. The summed E-state index contributed by atoms with van der Waals surface area (Å²) < 4.78 is 10.4. The van der Waals surface area contributed by atoms with Gasteiger partial charge in [-0.3, -0.25) is 4.79 Å². The molecule has 122 valence electrons. The summed E-state index contributed by atoms with van der Waals surface area (Å²) >= 11 is 0. The van der Waals surface area contributed by atoms with Gasteiger partial charge in [0.2, 0.25) is 5.95 Å². The lowest BCUT2D eigenvalue weighted by atomic mass is 10.3. The van der Waals surface area contributed by atoms with Crippen LogP contribution in [0.5, 0.6) is 5.75 Å². The molecule has 2 N–H and O–H groups in total. The van der Waals surface area contributed by atoms with Crippen molar-refractivity contribution in [3.63, 3.8) is 0 Å². The van der Waals surface area contributed by atoms with Crippen LogP contribution >= 0.6 is 0 Å². The van der Waals surface area contributed by atoms with Crippen LogP contribution in [-0.4, -0.2) is 29.2 Å². The molecule has 0 aliphatic rings. The number of H-pyrrole nitrogens is 1. The highest BCUT2D eigenvalue weighted by Gasteiger charge is 2.13. The van der Waals surface area contributed by atoms with Crippen molar-refractivity contribution in [1.29, 1.82) is 0 Å². The smallest absolute Gasteiger partial charge is 0.345 e. The maximum absolute atomic E-state index is 11.9. The number of para-hydroxylation sites is 2. The predicted octanol–water partition coefficient (Wildman–Crippen LogP) is 2.48. The number of aromatic amines is 1. The van der Waals surface area contributed by atoms with Gasteiger partial charge in [0.15, 0.2) is 0 Å². The van der Waals surface area contributed by atoms with Gasteiger partial charge in [0, 0.05) is 6.20 Å². The molecular formula is C16H19N3O4. The molecule has 0 aliphatic carbocycles. The molecule has 1 aromatic carbocycles. The van der Waals surface area contributed by atoms with E-state index in [-0.39, 0.29) is 18.1 Å². The Morgan fingerprint density at radius 1 is 1.30 bits per heavy atom. The molecule has 7 heteroatoms. The number of aromatic nitrogens is 2. The summed E-state index contributed by atoms with van der Waals surface area (Å²) in [6, 6.07) is 7.33. The number of hydrogen-bond donors (Lipinski definition) is 2. The zero-order valence-corrected chi connectivity index (χ0v) is 13.1. The second kappa shape index (κ2) is 7.98. The molecule has 0 bridgehead atoms. The van der Waals surface area contributed by atoms with Crippen molar-refractivity contribution >= 4 is 17.6 Å². The number of nitrogens with one attached hydrogen (secondary N) is 2. The van der Waals surface area contributed by atoms with E-state index >= 15 is 0 Å². The van der Waals surface area contributed by atoms with Gasteiger partial charge in [-0.15, -0.1) is 0 Å². The lowest BCUT2D eigenvalue weighted by Crippen LogP contribution is -2.21. The number of carbonyl (C=O) groups is 1. The van der Waals surface area contributed by atoms with Crippen LogP contribution in [0.15, 0.2) is 35.3 Å². The molecule has 0 radical (unpaired) electrons. The van der Waals surface area contributed by atoms with Crippen molar-refractivity contribution in [3.8, 4) is 5.75 Å². The molecule has 2 aromatic rings. The first kappa shape index (κ1) is 16.5. The van der Waals surface area contributed by atoms with Gasteiger partial charge in [-0.25, -0.2) is 4.79 Å². The molecule has 0 saturated carbocycles. The number of anilines is 2. The standard InChI is InChI=1S/C16H19N3O4/c1-3-9-23-13-8-6-5-7-12(13)18-16-17-10-11(14(20)19-16)15(21)22-4-2/h5-8,10H,3-4,9H2,1-2H3,(H2,17,18,19,20). The highest BCUT2D eigenvalue weighted by atomic mass is 16.5. The maximum atomic E-state index is 11.9. The zero-order valence-electron chi connectivity index (χ0n) is 13.1. The summed E-state index contributed by atoms with van der Waals surface area (Å²) in [5.74, 6) is 0.182. The van der Waals surface area contributed by atoms with Crippen LogP contribution in [0.25, 0.3) is 0 Å².